The fourth-order valence-electron chi connectivity index (χ4n) is 2.68. The summed E-state index contributed by atoms with van der Waals surface area (Å²) in [5.74, 6) is 0.808. The van der Waals surface area contributed by atoms with Crippen molar-refractivity contribution in [2.45, 2.75) is 51.0 Å². The summed E-state index contributed by atoms with van der Waals surface area (Å²) >= 11 is 3.64. The van der Waals surface area contributed by atoms with Gasteiger partial charge in [-0.05, 0) is 43.8 Å². The van der Waals surface area contributed by atoms with Crippen molar-refractivity contribution in [1.82, 2.24) is 0 Å². The first kappa shape index (κ1) is 12.2. The molecular formula is C14H21BrO. The molecule has 1 fully saturated rings. The molecule has 0 N–H and O–H groups in total. The van der Waals surface area contributed by atoms with E-state index in [1.807, 2.05) is 6.26 Å². The van der Waals surface area contributed by atoms with Crippen molar-refractivity contribution in [3.05, 3.63) is 24.0 Å². The average molecular weight is 285 g/mol. The Balaban J connectivity index is 1.96. The molecule has 0 saturated heterocycles. The second-order valence-electron chi connectivity index (χ2n) is 4.83. The molecule has 16 heavy (non-hydrogen) atoms. The zero-order valence-electron chi connectivity index (χ0n) is 9.83. The highest BCUT2D eigenvalue weighted by Gasteiger charge is 2.19. The summed E-state index contributed by atoms with van der Waals surface area (Å²) < 4.78 is 5.62. The first-order valence-corrected chi connectivity index (χ1v) is 7.59. The monoisotopic (exact) mass is 284 g/mol. The molecule has 1 aliphatic carbocycles. The predicted octanol–water partition coefficient (Wildman–Crippen LogP) is 4.58. The number of hydrogen-bond donors (Lipinski definition) is 0. The van der Waals surface area contributed by atoms with Crippen LogP contribution in [-0.2, 0) is 4.74 Å². The summed E-state index contributed by atoms with van der Waals surface area (Å²) in [4.78, 5) is 0. The van der Waals surface area contributed by atoms with Crippen molar-refractivity contribution < 1.29 is 4.74 Å². The van der Waals surface area contributed by atoms with Gasteiger partial charge in [0.05, 0.1) is 6.26 Å². The fourth-order valence-corrected chi connectivity index (χ4v) is 3.32. The van der Waals surface area contributed by atoms with Crippen molar-refractivity contribution >= 4 is 15.9 Å². The third-order valence-corrected chi connectivity index (χ3v) is 4.30. The molecule has 1 saturated carbocycles. The van der Waals surface area contributed by atoms with Crippen LogP contribution >= 0.6 is 15.9 Å². The largest absolute Gasteiger partial charge is 0.494 e. The van der Waals surface area contributed by atoms with Crippen molar-refractivity contribution in [2.75, 3.05) is 5.33 Å². The molecule has 0 spiro atoms. The van der Waals surface area contributed by atoms with E-state index in [-0.39, 0.29) is 0 Å². The van der Waals surface area contributed by atoms with Gasteiger partial charge in [-0.1, -0.05) is 40.8 Å². The van der Waals surface area contributed by atoms with Crippen molar-refractivity contribution in [3.63, 3.8) is 0 Å². The molecule has 90 valence electrons. The standard InChI is InChI=1S/C14H21BrO/c15-11-13(12-6-2-1-3-7-12)10-14-8-4-5-9-16-14/h5,9-10,12,14H,1-4,6-8,11H2. The van der Waals surface area contributed by atoms with Crippen LogP contribution in [0.4, 0.5) is 0 Å². The topological polar surface area (TPSA) is 9.23 Å². The quantitative estimate of drug-likeness (QED) is 0.544. The van der Waals surface area contributed by atoms with Crippen LogP contribution < -0.4 is 0 Å². The Morgan fingerprint density at radius 3 is 2.69 bits per heavy atom. The van der Waals surface area contributed by atoms with Gasteiger partial charge < -0.3 is 4.74 Å². The lowest BCUT2D eigenvalue weighted by Crippen LogP contribution is -2.15. The molecule has 0 radical (unpaired) electrons. The summed E-state index contributed by atoms with van der Waals surface area (Å²) in [6.45, 7) is 0. The van der Waals surface area contributed by atoms with Gasteiger partial charge in [0, 0.05) is 5.33 Å². The smallest absolute Gasteiger partial charge is 0.117 e. The van der Waals surface area contributed by atoms with Gasteiger partial charge in [-0.3, -0.25) is 0 Å². The maximum absolute atomic E-state index is 5.62. The van der Waals surface area contributed by atoms with Crippen molar-refractivity contribution in [1.29, 1.82) is 0 Å². The maximum atomic E-state index is 5.62. The van der Waals surface area contributed by atoms with E-state index in [1.54, 1.807) is 5.57 Å². The van der Waals surface area contributed by atoms with E-state index in [0.717, 1.165) is 24.1 Å². The van der Waals surface area contributed by atoms with Crippen LogP contribution in [0, 0.1) is 5.92 Å². The molecule has 0 bridgehead atoms. The molecule has 1 aliphatic heterocycles. The lowest BCUT2D eigenvalue weighted by molar-refractivity contribution is 0.163. The molecular weight excluding hydrogens is 264 g/mol. The van der Waals surface area contributed by atoms with Gasteiger partial charge in [0.2, 0.25) is 0 Å². The molecule has 2 heteroatoms. The summed E-state index contributed by atoms with van der Waals surface area (Å²) in [6, 6.07) is 0. The summed E-state index contributed by atoms with van der Waals surface area (Å²) in [5.41, 5.74) is 1.57. The second-order valence-corrected chi connectivity index (χ2v) is 5.39. The minimum absolute atomic E-state index is 0.319. The number of ether oxygens (including phenoxy) is 1. The van der Waals surface area contributed by atoms with E-state index >= 15 is 0 Å². The molecule has 2 aliphatic rings. The summed E-state index contributed by atoms with van der Waals surface area (Å²) in [6.07, 6.45) is 15.9. The van der Waals surface area contributed by atoms with Gasteiger partial charge in [-0.25, -0.2) is 0 Å². The van der Waals surface area contributed by atoms with Gasteiger partial charge >= 0.3 is 0 Å². The molecule has 0 aromatic carbocycles. The molecule has 0 aromatic rings. The minimum Gasteiger partial charge on any atom is -0.494 e. The number of alkyl halides is 1. The Bertz CT molecular complexity index is 264. The highest BCUT2D eigenvalue weighted by atomic mass is 79.9. The number of halogens is 1. The van der Waals surface area contributed by atoms with Gasteiger partial charge in [-0.2, -0.15) is 0 Å². The Hall–Kier alpha value is -0.240. The van der Waals surface area contributed by atoms with E-state index in [4.69, 9.17) is 4.74 Å². The zero-order chi connectivity index (χ0) is 11.2. The predicted molar refractivity (Wildman–Crippen MR) is 71.7 cm³/mol. The highest BCUT2D eigenvalue weighted by Crippen LogP contribution is 2.31. The van der Waals surface area contributed by atoms with Crippen LogP contribution in [0.15, 0.2) is 24.0 Å². The molecule has 1 atom stereocenters. The third kappa shape index (κ3) is 3.38. The highest BCUT2D eigenvalue weighted by molar-refractivity contribution is 9.09. The first-order valence-electron chi connectivity index (χ1n) is 6.47. The van der Waals surface area contributed by atoms with E-state index in [2.05, 4.69) is 28.1 Å². The molecule has 1 heterocycles. The van der Waals surface area contributed by atoms with Crippen LogP contribution in [-0.4, -0.2) is 11.4 Å². The van der Waals surface area contributed by atoms with Crippen LogP contribution in [0.25, 0.3) is 0 Å². The van der Waals surface area contributed by atoms with Crippen molar-refractivity contribution in [3.8, 4) is 0 Å². The Kier molecular flexibility index (Phi) is 4.95. The Morgan fingerprint density at radius 2 is 2.06 bits per heavy atom. The number of rotatable bonds is 3. The molecule has 1 unspecified atom stereocenters. The normalized spacial score (nSPS) is 27.8. The Morgan fingerprint density at radius 1 is 1.25 bits per heavy atom. The fraction of sp³-hybridized carbons (Fsp3) is 0.714. The van der Waals surface area contributed by atoms with Crippen LogP contribution in [0.5, 0.6) is 0 Å². The van der Waals surface area contributed by atoms with Crippen LogP contribution in [0.2, 0.25) is 0 Å². The van der Waals surface area contributed by atoms with Crippen LogP contribution in [0.3, 0.4) is 0 Å². The van der Waals surface area contributed by atoms with E-state index in [1.165, 1.54) is 32.1 Å². The van der Waals surface area contributed by atoms with E-state index in [0.29, 0.717) is 6.10 Å². The second kappa shape index (κ2) is 6.48. The van der Waals surface area contributed by atoms with Gasteiger partial charge in [-0.15, -0.1) is 0 Å². The van der Waals surface area contributed by atoms with Gasteiger partial charge in [0.25, 0.3) is 0 Å². The third-order valence-electron chi connectivity index (χ3n) is 3.65. The average Bonchev–Trinajstić information content (AvgIpc) is 2.38. The van der Waals surface area contributed by atoms with Gasteiger partial charge in [0.15, 0.2) is 0 Å². The molecule has 0 aromatic heterocycles. The number of allylic oxidation sites excluding steroid dienone is 2. The van der Waals surface area contributed by atoms with Gasteiger partial charge in [0.1, 0.15) is 6.10 Å². The van der Waals surface area contributed by atoms with E-state index in [9.17, 15) is 0 Å². The zero-order valence-corrected chi connectivity index (χ0v) is 11.4. The first-order chi connectivity index (χ1) is 7.90. The summed E-state index contributed by atoms with van der Waals surface area (Å²) in [5, 5.41) is 1.02. The SMILES string of the molecule is BrCC(=CC1CCC=CO1)C1CCCCC1. The maximum Gasteiger partial charge on any atom is 0.117 e. The number of hydrogen-bond acceptors (Lipinski definition) is 1. The Labute approximate surface area is 107 Å². The van der Waals surface area contributed by atoms with Crippen LogP contribution in [0.1, 0.15) is 44.9 Å². The summed E-state index contributed by atoms with van der Waals surface area (Å²) in [7, 11) is 0. The lowest BCUT2D eigenvalue weighted by Gasteiger charge is -2.25. The molecule has 0 amide bonds. The van der Waals surface area contributed by atoms with E-state index < -0.39 is 0 Å². The van der Waals surface area contributed by atoms with Crippen molar-refractivity contribution in [2.24, 2.45) is 5.92 Å². The lowest BCUT2D eigenvalue weighted by atomic mass is 9.83. The minimum atomic E-state index is 0.319. The molecule has 1 nitrogen and oxygen atoms in total. The molecule has 2 rings (SSSR count).